The van der Waals surface area contributed by atoms with Crippen LogP contribution in [0.1, 0.15) is 30.8 Å². The van der Waals surface area contributed by atoms with Crippen LogP contribution in [0.4, 0.5) is 5.13 Å². The van der Waals surface area contributed by atoms with Crippen molar-refractivity contribution >= 4 is 28.3 Å². The van der Waals surface area contributed by atoms with Crippen molar-refractivity contribution in [2.75, 3.05) is 31.5 Å². The van der Waals surface area contributed by atoms with Crippen LogP contribution in [-0.2, 0) is 22.4 Å². The zero-order valence-corrected chi connectivity index (χ0v) is 13.9. The van der Waals surface area contributed by atoms with E-state index in [1.165, 1.54) is 11.3 Å². The molecular weight excluding hydrogens is 300 g/mol. The number of aryl methyl sites for hydroxylation is 2. The van der Waals surface area contributed by atoms with Gasteiger partial charge >= 0.3 is 0 Å². The monoisotopic (exact) mass is 322 g/mol. The fourth-order valence-corrected chi connectivity index (χ4v) is 4.09. The number of fused-ring (bicyclic) bond motifs is 1. The summed E-state index contributed by atoms with van der Waals surface area (Å²) in [6, 6.07) is 0.223. The first kappa shape index (κ1) is 15.4. The van der Waals surface area contributed by atoms with E-state index in [2.05, 4.69) is 10.3 Å². The molecule has 2 aliphatic rings. The summed E-state index contributed by atoms with van der Waals surface area (Å²) in [6.45, 7) is 6.03. The van der Waals surface area contributed by atoms with Gasteiger partial charge in [0, 0.05) is 24.0 Å². The minimum Gasteiger partial charge on any atom is -0.338 e. The molecule has 1 saturated heterocycles. The van der Waals surface area contributed by atoms with Gasteiger partial charge in [-0.2, -0.15) is 0 Å². The lowest BCUT2D eigenvalue weighted by Gasteiger charge is -2.36. The number of carbonyl (C=O) groups is 2. The second-order valence-corrected chi connectivity index (χ2v) is 7.27. The van der Waals surface area contributed by atoms with E-state index >= 15 is 0 Å². The molecule has 7 heteroatoms. The fraction of sp³-hybridized carbons (Fsp3) is 0.667. The zero-order chi connectivity index (χ0) is 15.7. The summed E-state index contributed by atoms with van der Waals surface area (Å²) in [6.07, 6.45) is 3.27. The molecule has 0 saturated carbocycles. The van der Waals surface area contributed by atoms with E-state index in [4.69, 9.17) is 0 Å². The molecule has 6 nitrogen and oxygen atoms in total. The lowest BCUT2D eigenvalue weighted by molar-refractivity contribution is -0.138. The number of thiazole rings is 1. The van der Waals surface area contributed by atoms with Gasteiger partial charge in [-0.15, -0.1) is 11.3 Å². The SMILES string of the molecule is CC(C)N1CCN(CC(=O)Nc2nc3c(s2)CCC3)CC1=O. The van der Waals surface area contributed by atoms with Crippen LogP contribution in [0.2, 0.25) is 0 Å². The number of aromatic nitrogens is 1. The lowest BCUT2D eigenvalue weighted by atomic mass is 10.2. The highest BCUT2D eigenvalue weighted by molar-refractivity contribution is 7.15. The first-order valence-corrected chi connectivity index (χ1v) is 8.65. The van der Waals surface area contributed by atoms with Crippen molar-refractivity contribution in [3.05, 3.63) is 10.6 Å². The average molecular weight is 322 g/mol. The largest absolute Gasteiger partial charge is 0.338 e. The summed E-state index contributed by atoms with van der Waals surface area (Å²) in [7, 11) is 0. The predicted molar refractivity (Wildman–Crippen MR) is 86.1 cm³/mol. The minimum atomic E-state index is -0.0850. The highest BCUT2D eigenvalue weighted by Crippen LogP contribution is 2.30. The molecule has 1 N–H and O–H groups in total. The van der Waals surface area contributed by atoms with E-state index < -0.39 is 0 Å². The van der Waals surface area contributed by atoms with Crippen LogP contribution >= 0.6 is 11.3 Å². The van der Waals surface area contributed by atoms with Crippen molar-refractivity contribution < 1.29 is 9.59 Å². The molecule has 1 aromatic rings. The first-order valence-electron chi connectivity index (χ1n) is 7.83. The molecule has 0 aromatic carbocycles. The molecule has 3 rings (SSSR count). The molecule has 0 unspecified atom stereocenters. The minimum absolute atomic E-state index is 0.0850. The molecule has 1 aromatic heterocycles. The quantitative estimate of drug-likeness (QED) is 0.902. The molecule has 0 radical (unpaired) electrons. The molecule has 0 spiro atoms. The summed E-state index contributed by atoms with van der Waals surface area (Å²) in [5, 5.41) is 3.57. The third-order valence-corrected chi connectivity index (χ3v) is 5.24. The third kappa shape index (κ3) is 3.30. The Kier molecular flexibility index (Phi) is 4.44. The number of carbonyl (C=O) groups excluding carboxylic acids is 2. The summed E-state index contributed by atoms with van der Waals surface area (Å²) >= 11 is 1.58. The first-order chi connectivity index (χ1) is 10.5. The smallest absolute Gasteiger partial charge is 0.240 e. The van der Waals surface area contributed by atoms with Gasteiger partial charge in [-0.25, -0.2) is 4.98 Å². The van der Waals surface area contributed by atoms with Gasteiger partial charge in [-0.05, 0) is 33.1 Å². The lowest BCUT2D eigenvalue weighted by Crippen LogP contribution is -2.54. The number of amides is 2. The van der Waals surface area contributed by atoms with Gasteiger partial charge in [-0.3, -0.25) is 14.5 Å². The second kappa shape index (κ2) is 6.34. The highest BCUT2D eigenvalue weighted by Gasteiger charge is 2.27. The van der Waals surface area contributed by atoms with Crippen molar-refractivity contribution in [3.8, 4) is 0 Å². The molecule has 2 amide bonds. The molecule has 2 heterocycles. The van der Waals surface area contributed by atoms with E-state index in [0.717, 1.165) is 25.1 Å². The molecule has 1 fully saturated rings. The highest BCUT2D eigenvalue weighted by atomic mass is 32.1. The van der Waals surface area contributed by atoms with E-state index in [-0.39, 0.29) is 24.4 Å². The number of hydrogen-bond acceptors (Lipinski definition) is 5. The van der Waals surface area contributed by atoms with Crippen molar-refractivity contribution in [2.24, 2.45) is 0 Å². The van der Waals surface area contributed by atoms with Gasteiger partial charge < -0.3 is 10.2 Å². The van der Waals surface area contributed by atoms with Gasteiger partial charge in [0.2, 0.25) is 11.8 Å². The van der Waals surface area contributed by atoms with Gasteiger partial charge in [0.1, 0.15) is 0 Å². The van der Waals surface area contributed by atoms with Crippen LogP contribution in [0.5, 0.6) is 0 Å². The standard InChI is InChI=1S/C15H22N4O2S/c1-10(2)19-7-6-18(9-14(19)21)8-13(20)17-15-16-11-4-3-5-12(11)22-15/h10H,3-9H2,1-2H3,(H,16,17,20). The van der Waals surface area contributed by atoms with Crippen LogP contribution < -0.4 is 5.32 Å². The number of piperazine rings is 1. The van der Waals surface area contributed by atoms with Crippen LogP contribution in [-0.4, -0.2) is 58.8 Å². The molecule has 0 atom stereocenters. The van der Waals surface area contributed by atoms with Gasteiger partial charge in [0.25, 0.3) is 0 Å². The Morgan fingerprint density at radius 2 is 2.18 bits per heavy atom. The van der Waals surface area contributed by atoms with E-state index in [0.29, 0.717) is 18.2 Å². The topological polar surface area (TPSA) is 65.5 Å². The van der Waals surface area contributed by atoms with Crippen molar-refractivity contribution in [2.45, 2.75) is 39.2 Å². The Hall–Kier alpha value is -1.47. The summed E-state index contributed by atoms with van der Waals surface area (Å²) in [4.78, 5) is 33.7. The summed E-state index contributed by atoms with van der Waals surface area (Å²) in [5.41, 5.74) is 1.14. The maximum absolute atomic E-state index is 12.1. The van der Waals surface area contributed by atoms with Crippen molar-refractivity contribution in [1.82, 2.24) is 14.8 Å². The van der Waals surface area contributed by atoms with Crippen molar-refractivity contribution in [1.29, 1.82) is 0 Å². The fourth-order valence-electron chi connectivity index (χ4n) is 3.02. The number of hydrogen-bond donors (Lipinski definition) is 1. The van der Waals surface area contributed by atoms with E-state index in [1.807, 2.05) is 23.6 Å². The van der Waals surface area contributed by atoms with Crippen LogP contribution in [0.25, 0.3) is 0 Å². The number of nitrogens with one attached hydrogen (secondary N) is 1. The molecule has 22 heavy (non-hydrogen) atoms. The Labute approximate surface area is 134 Å². The average Bonchev–Trinajstić information content (AvgIpc) is 2.98. The van der Waals surface area contributed by atoms with E-state index in [1.54, 1.807) is 11.3 Å². The Morgan fingerprint density at radius 1 is 1.36 bits per heavy atom. The van der Waals surface area contributed by atoms with Gasteiger partial charge in [0.05, 0.1) is 18.8 Å². The van der Waals surface area contributed by atoms with Gasteiger partial charge in [0.15, 0.2) is 5.13 Å². The summed E-state index contributed by atoms with van der Waals surface area (Å²) in [5.74, 6) is 0.0143. The number of nitrogens with zero attached hydrogens (tertiary/aromatic N) is 3. The second-order valence-electron chi connectivity index (χ2n) is 6.18. The van der Waals surface area contributed by atoms with Crippen LogP contribution in [0.15, 0.2) is 0 Å². The Bertz CT molecular complexity index is 563. The van der Waals surface area contributed by atoms with Crippen LogP contribution in [0.3, 0.4) is 0 Å². The molecular formula is C15H22N4O2S. The zero-order valence-electron chi connectivity index (χ0n) is 13.1. The molecule has 120 valence electrons. The normalized spacial score (nSPS) is 18.9. The van der Waals surface area contributed by atoms with Gasteiger partial charge in [-0.1, -0.05) is 0 Å². The molecule has 1 aliphatic carbocycles. The van der Waals surface area contributed by atoms with E-state index in [9.17, 15) is 9.59 Å². The Balaban J connectivity index is 1.51. The maximum atomic E-state index is 12.1. The van der Waals surface area contributed by atoms with Crippen molar-refractivity contribution in [3.63, 3.8) is 0 Å². The molecule has 0 bridgehead atoms. The Morgan fingerprint density at radius 3 is 2.86 bits per heavy atom. The van der Waals surface area contributed by atoms with Crippen LogP contribution in [0, 0.1) is 0 Å². The third-order valence-electron chi connectivity index (χ3n) is 4.17. The predicted octanol–water partition coefficient (Wildman–Crippen LogP) is 1.12. The maximum Gasteiger partial charge on any atom is 0.240 e. The number of rotatable bonds is 4. The molecule has 1 aliphatic heterocycles. The summed E-state index contributed by atoms with van der Waals surface area (Å²) < 4.78 is 0. The number of anilines is 1.